The van der Waals surface area contributed by atoms with Crippen molar-refractivity contribution < 1.29 is 4.79 Å². The number of aromatic nitrogens is 2. The molecule has 0 unspecified atom stereocenters. The molecule has 0 radical (unpaired) electrons. The normalized spacial score (nSPS) is 9.44. The Hall–Kier alpha value is -1.03. The van der Waals surface area contributed by atoms with E-state index in [0.29, 0.717) is 0 Å². The third-order valence-corrected chi connectivity index (χ3v) is 1.15. The van der Waals surface area contributed by atoms with Crippen molar-refractivity contribution in [3.8, 4) is 0 Å². The van der Waals surface area contributed by atoms with Gasteiger partial charge in [-0.15, -0.1) is 0 Å². The standard InChI is InChI=1S/C4H4ClN3O/c5-3-2(4(6)9)1-7-8-3/h1H,(H2,6,9)(H,7,8). The molecule has 0 aliphatic heterocycles. The van der Waals surface area contributed by atoms with Crippen LogP contribution in [0.25, 0.3) is 0 Å². The lowest BCUT2D eigenvalue weighted by Gasteiger charge is -1.83. The number of nitrogens with zero attached hydrogens (tertiary/aromatic N) is 1. The van der Waals surface area contributed by atoms with Gasteiger partial charge in [0.2, 0.25) is 0 Å². The van der Waals surface area contributed by atoms with Crippen molar-refractivity contribution in [2.24, 2.45) is 5.73 Å². The zero-order chi connectivity index (χ0) is 6.85. The largest absolute Gasteiger partial charge is 0.365 e. The molecule has 1 aromatic rings. The summed E-state index contributed by atoms with van der Waals surface area (Å²) in [5.74, 6) is -0.575. The molecule has 1 amide bonds. The Morgan fingerprint density at radius 1 is 1.89 bits per heavy atom. The summed E-state index contributed by atoms with van der Waals surface area (Å²) in [5, 5.41) is 5.99. The second-order valence-electron chi connectivity index (χ2n) is 1.45. The summed E-state index contributed by atoms with van der Waals surface area (Å²) in [6.45, 7) is 0. The van der Waals surface area contributed by atoms with Gasteiger partial charge in [0.1, 0.15) is 0 Å². The number of H-pyrrole nitrogens is 1. The van der Waals surface area contributed by atoms with Crippen LogP contribution < -0.4 is 5.73 Å². The molecule has 5 heteroatoms. The van der Waals surface area contributed by atoms with Gasteiger partial charge >= 0.3 is 0 Å². The van der Waals surface area contributed by atoms with Crippen LogP contribution in [0, 0.1) is 0 Å². The number of nitrogens with two attached hydrogens (primary N) is 1. The van der Waals surface area contributed by atoms with Gasteiger partial charge in [-0.2, -0.15) is 5.10 Å². The van der Waals surface area contributed by atoms with Crippen molar-refractivity contribution in [1.82, 2.24) is 10.2 Å². The average Bonchev–Trinajstić information content (AvgIpc) is 2.13. The predicted octanol–water partition coefficient (Wildman–Crippen LogP) is 0.162. The average molecular weight is 146 g/mol. The summed E-state index contributed by atoms with van der Waals surface area (Å²) in [5.41, 5.74) is 5.09. The third-order valence-electron chi connectivity index (χ3n) is 0.859. The lowest BCUT2D eigenvalue weighted by molar-refractivity contribution is 0.100. The van der Waals surface area contributed by atoms with E-state index >= 15 is 0 Å². The third kappa shape index (κ3) is 1.02. The Kier molecular flexibility index (Phi) is 1.40. The lowest BCUT2D eigenvalue weighted by Crippen LogP contribution is -2.09. The smallest absolute Gasteiger partial charge is 0.253 e. The fourth-order valence-corrected chi connectivity index (χ4v) is 0.643. The highest BCUT2D eigenvalue weighted by atomic mass is 35.5. The molecule has 4 nitrogen and oxygen atoms in total. The Labute approximate surface area is 56.0 Å². The van der Waals surface area contributed by atoms with Gasteiger partial charge in [-0.25, -0.2) is 0 Å². The summed E-state index contributed by atoms with van der Waals surface area (Å²) in [4.78, 5) is 10.4. The first kappa shape index (κ1) is 6.10. The molecule has 0 bridgehead atoms. The van der Waals surface area contributed by atoms with E-state index in [1.54, 1.807) is 0 Å². The first-order valence-electron chi connectivity index (χ1n) is 2.21. The van der Waals surface area contributed by atoms with E-state index in [2.05, 4.69) is 10.2 Å². The molecular formula is C4H4ClN3O. The highest BCUT2D eigenvalue weighted by molar-refractivity contribution is 6.32. The van der Waals surface area contributed by atoms with Gasteiger partial charge in [-0.05, 0) is 0 Å². The van der Waals surface area contributed by atoms with Gasteiger partial charge in [-0.3, -0.25) is 9.89 Å². The van der Waals surface area contributed by atoms with E-state index in [4.69, 9.17) is 17.3 Å². The monoisotopic (exact) mass is 145 g/mol. The maximum atomic E-state index is 10.4. The van der Waals surface area contributed by atoms with Crippen molar-refractivity contribution in [3.05, 3.63) is 16.9 Å². The minimum absolute atomic E-state index is 0.113. The summed E-state index contributed by atoms with van der Waals surface area (Å²) < 4.78 is 0. The zero-order valence-electron chi connectivity index (χ0n) is 4.39. The number of hydrogen-bond donors (Lipinski definition) is 2. The number of amides is 1. The second-order valence-corrected chi connectivity index (χ2v) is 1.81. The highest BCUT2D eigenvalue weighted by Gasteiger charge is 2.06. The fraction of sp³-hybridized carbons (Fsp3) is 0. The summed E-state index contributed by atoms with van der Waals surface area (Å²) in [6, 6.07) is 0. The van der Waals surface area contributed by atoms with E-state index in [9.17, 15) is 4.79 Å². The van der Waals surface area contributed by atoms with E-state index in [0.717, 1.165) is 0 Å². The quantitative estimate of drug-likeness (QED) is 0.591. The molecule has 0 saturated carbocycles. The highest BCUT2D eigenvalue weighted by Crippen LogP contribution is 2.08. The Morgan fingerprint density at radius 3 is 2.78 bits per heavy atom. The molecule has 0 aliphatic carbocycles. The van der Waals surface area contributed by atoms with Crippen molar-refractivity contribution in [3.63, 3.8) is 0 Å². The molecule has 0 fully saturated rings. The number of primary amides is 1. The zero-order valence-corrected chi connectivity index (χ0v) is 5.14. The van der Waals surface area contributed by atoms with Crippen molar-refractivity contribution in [1.29, 1.82) is 0 Å². The van der Waals surface area contributed by atoms with Gasteiger partial charge in [0.05, 0.1) is 5.56 Å². The minimum Gasteiger partial charge on any atom is -0.365 e. The van der Waals surface area contributed by atoms with Gasteiger partial charge < -0.3 is 5.73 Å². The maximum absolute atomic E-state index is 10.4. The van der Waals surface area contributed by atoms with E-state index < -0.39 is 5.91 Å². The number of rotatable bonds is 1. The van der Waals surface area contributed by atoms with Crippen LogP contribution in [0.15, 0.2) is 6.20 Å². The van der Waals surface area contributed by atoms with Crippen LogP contribution in [-0.4, -0.2) is 16.1 Å². The number of aromatic amines is 1. The molecule has 0 aromatic carbocycles. The summed E-state index contributed by atoms with van der Waals surface area (Å²) >= 11 is 5.39. The molecule has 0 atom stereocenters. The second kappa shape index (κ2) is 2.06. The first-order chi connectivity index (χ1) is 4.22. The molecule has 1 aromatic heterocycles. The maximum Gasteiger partial charge on any atom is 0.253 e. The van der Waals surface area contributed by atoms with Crippen LogP contribution in [0.2, 0.25) is 5.15 Å². The van der Waals surface area contributed by atoms with Crippen LogP contribution >= 0.6 is 11.6 Å². The van der Waals surface area contributed by atoms with E-state index in [-0.39, 0.29) is 10.7 Å². The number of halogens is 1. The Balaban J connectivity index is 3.08. The molecule has 1 rings (SSSR count). The lowest BCUT2D eigenvalue weighted by atomic mass is 10.3. The minimum atomic E-state index is -0.575. The van der Waals surface area contributed by atoms with Crippen LogP contribution in [0.1, 0.15) is 10.4 Å². The number of carbonyl (C=O) groups is 1. The first-order valence-corrected chi connectivity index (χ1v) is 2.58. The van der Waals surface area contributed by atoms with Crippen molar-refractivity contribution in [2.75, 3.05) is 0 Å². The molecular weight excluding hydrogens is 142 g/mol. The molecule has 0 aliphatic rings. The Morgan fingerprint density at radius 2 is 2.56 bits per heavy atom. The van der Waals surface area contributed by atoms with Crippen LogP contribution in [-0.2, 0) is 0 Å². The molecule has 48 valence electrons. The number of nitrogens with one attached hydrogen (secondary N) is 1. The van der Waals surface area contributed by atoms with Crippen molar-refractivity contribution in [2.45, 2.75) is 0 Å². The molecule has 1 heterocycles. The summed E-state index contributed by atoms with van der Waals surface area (Å²) in [6.07, 6.45) is 1.35. The number of hydrogen-bond acceptors (Lipinski definition) is 2. The molecule has 0 saturated heterocycles. The molecule has 9 heavy (non-hydrogen) atoms. The van der Waals surface area contributed by atoms with E-state index in [1.165, 1.54) is 6.20 Å². The van der Waals surface area contributed by atoms with Gasteiger partial charge in [-0.1, -0.05) is 11.6 Å². The van der Waals surface area contributed by atoms with Gasteiger partial charge in [0.15, 0.2) is 5.15 Å². The predicted molar refractivity (Wildman–Crippen MR) is 32.1 cm³/mol. The van der Waals surface area contributed by atoms with Crippen molar-refractivity contribution >= 4 is 17.5 Å². The molecule has 3 N–H and O–H groups in total. The molecule has 0 spiro atoms. The fourth-order valence-electron chi connectivity index (χ4n) is 0.446. The topological polar surface area (TPSA) is 71.8 Å². The van der Waals surface area contributed by atoms with Crippen LogP contribution in [0.5, 0.6) is 0 Å². The number of carbonyl (C=O) groups excluding carboxylic acids is 1. The Bertz CT molecular complexity index is 231. The SMILES string of the molecule is NC(=O)c1c[nH]nc1Cl. The summed E-state index contributed by atoms with van der Waals surface area (Å²) in [7, 11) is 0. The van der Waals surface area contributed by atoms with Crippen LogP contribution in [0.3, 0.4) is 0 Å². The van der Waals surface area contributed by atoms with Gasteiger partial charge in [0, 0.05) is 6.20 Å². The van der Waals surface area contributed by atoms with Gasteiger partial charge in [0.25, 0.3) is 5.91 Å². The van der Waals surface area contributed by atoms with E-state index in [1.807, 2.05) is 0 Å². The van der Waals surface area contributed by atoms with Crippen LogP contribution in [0.4, 0.5) is 0 Å².